The molecule has 0 atom stereocenters. The highest BCUT2D eigenvalue weighted by atomic mass is 32.3. The van der Waals surface area contributed by atoms with Crippen molar-refractivity contribution in [2.24, 2.45) is 0 Å². The van der Waals surface area contributed by atoms with Crippen LogP contribution in [-0.4, -0.2) is 66.9 Å². The number of nitrogens with zero attached hydrogens (tertiary/aromatic N) is 1. The molecule has 0 saturated carbocycles. The third-order valence-corrected chi connectivity index (χ3v) is 3.19. The molecule has 8 heteroatoms. The Morgan fingerprint density at radius 3 is 2.00 bits per heavy atom. The highest BCUT2D eigenvalue weighted by molar-refractivity contribution is 7.81. The van der Waals surface area contributed by atoms with Crippen molar-refractivity contribution in [1.29, 1.82) is 0 Å². The first-order valence-electron chi connectivity index (χ1n) is 5.61. The van der Waals surface area contributed by atoms with Gasteiger partial charge in [-0.1, -0.05) is 6.58 Å². The molecule has 0 unspecified atom stereocenters. The van der Waals surface area contributed by atoms with Crippen LogP contribution in [-0.2, 0) is 28.3 Å². The van der Waals surface area contributed by atoms with Gasteiger partial charge >= 0.3 is 16.4 Å². The van der Waals surface area contributed by atoms with Crippen molar-refractivity contribution in [3.05, 3.63) is 12.7 Å². The van der Waals surface area contributed by atoms with Gasteiger partial charge in [-0.05, 0) is 6.92 Å². The van der Waals surface area contributed by atoms with Crippen LogP contribution < -0.4 is 0 Å². The maximum absolute atomic E-state index is 10.6. The van der Waals surface area contributed by atoms with Crippen molar-refractivity contribution in [1.82, 2.24) is 0 Å². The summed E-state index contributed by atoms with van der Waals surface area (Å²) in [5.41, 5.74) is 0. The van der Waals surface area contributed by atoms with Crippen LogP contribution in [0.25, 0.3) is 0 Å². The van der Waals surface area contributed by atoms with E-state index in [9.17, 15) is 13.2 Å². The molecule has 114 valence electrons. The minimum Gasteiger partial charge on any atom is -0.457 e. The predicted molar refractivity (Wildman–Crippen MR) is 71.6 cm³/mol. The van der Waals surface area contributed by atoms with Gasteiger partial charge in [0.05, 0.1) is 34.9 Å². The number of quaternary nitrogens is 1. The molecule has 7 nitrogen and oxygen atoms in total. The number of esters is 1. The van der Waals surface area contributed by atoms with Crippen LogP contribution >= 0.6 is 0 Å². The molecule has 0 aromatic carbocycles. The van der Waals surface area contributed by atoms with Gasteiger partial charge in [0.2, 0.25) is 0 Å². The second-order valence-corrected chi connectivity index (χ2v) is 5.57. The normalized spacial score (nSPS) is 11.2. The molecule has 0 aliphatic rings. The zero-order valence-corrected chi connectivity index (χ0v) is 13.0. The fourth-order valence-electron chi connectivity index (χ4n) is 0.678. The number of rotatable bonds is 7. The van der Waals surface area contributed by atoms with Gasteiger partial charge in [-0.25, -0.2) is 4.79 Å². The predicted octanol–water partition coefficient (Wildman–Crippen LogP) is 0.336. The monoisotopic (exact) mass is 298 g/mol. The van der Waals surface area contributed by atoms with E-state index in [2.05, 4.69) is 36.0 Å². The zero-order valence-electron chi connectivity index (χ0n) is 12.2. The van der Waals surface area contributed by atoms with Crippen molar-refractivity contribution in [2.75, 3.05) is 48.0 Å². The van der Waals surface area contributed by atoms with Gasteiger partial charge in [0.15, 0.2) is 0 Å². The van der Waals surface area contributed by atoms with Gasteiger partial charge in [-0.3, -0.25) is 8.37 Å². The number of carbonyl (C=O) groups excluding carboxylic acids is 1. The fraction of sp³-hybridized carbons (Fsp3) is 0.727. The van der Waals surface area contributed by atoms with Crippen molar-refractivity contribution in [2.45, 2.75) is 6.92 Å². The van der Waals surface area contributed by atoms with E-state index in [1.807, 2.05) is 0 Å². The Morgan fingerprint density at radius 2 is 1.74 bits per heavy atom. The summed E-state index contributed by atoms with van der Waals surface area (Å²) in [7, 11) is 2.59. The molecular formula is C11H24NO6S+. The summed E-state index contributed by atoms with van der Waals surface area (Å²) in [4.78, 5) is 10.6. The highest BCUT2D eigenvalue weighted by Gasteiger charge is 2.11. The van der Waals surface area contributed by atoms with Crippen LogP contribution in [0.2, 0.25) is 0 Å². The summed E-state index contributed by atoms with van der Waals surface area (Å²) in [6, 6.07) is 0. The summed E-state index contributed by atoms with van der Waals surface area (Å²) < 4.78 is 33.2. The van der Waals surface area contributed by atoms with E-state index < -0.39 is 10.4 Å². The number of hydrogen-bond acceptors (Lipinski definition) is 6. The first kappa shape index (κ1) is 20.4. The Labute approximate surface area is 115 Å². The second-order valence-electron chi connectivity index (χ2n) is 4.09. The summed E-state index contributed by atoms with van der Waals surface area (Å²) in [5, 5.41) is 0. The standard InChI is InChI=1S/C9H18NO2.C2H6O4S/c1-5-9(11)12-8-7-10(3,4)6-2;1-5-7(3,4)6-2/h5H,1,6-8H2,2-4H3;1-2H3/q+1;. The molecular weight excluding hydrogens is 274 g/mol. The quantitative estimate of drug-likeness (QED) is 0.383. The lowest BCUT2D eigenvalue weighted by Crippen LogP contribution is -2.42. The smallest absolute Gasteiger partial charge is 0.399 e. The Balaban J connectivity index is 0. The Bertz CT molecular complexity index is 353. The van der Waals surface area contributed by atoms with Crippen molar-refractivity contribution in [3.8, 4) is 0 Å². The molecule has 0 fully saturated rings. The summed E-state index contributed by atoms with van der Waals surface area (Å²) in [6.45, 7) is 7.76. The molecule has 0 aliphatic carbocycles. The van der Waals surface area contributed by atoms with Gasteiger partial charge in [-0.2, -0.15) is 8.42 Å². The molecule has 0 N–H and O–H groups in total. The highest BCUT2D eigenvalue weighted by Crippen LogP contribution is 1.95. The Hall–Kier alpha value is -0.960. The second kappa shape index (κ2) is 9.90. The Morgan fingerprint density at radius 1 is 1.26 bits per heavy atom. The van der Waals surface area contributed by atoms with E-state index in [4.69, 9.17) is 4.74 Å². The van der Waals surface area contributed by atoms with Gasteiger partial charge in [0.25, 0.3) is 0 Å². The number of ether oxygens (including phenoxy) is 1. The van der Waals surface area contributed by atoms with Gasteiger partial charge in [0, 0.05) is 6.08 Å². The van der Waals surface area contributed by atoms with E-state index in [0.717, 1.165) is 31.8 Å². The topological polar surface area (TPSA) is 78.9 Å². The largest absolute Gasteiger partial charge is 0.457 e. The molecule has 0 heterocycles. The Kier molecular flexibility index (Phi) is 10.6. The molecule has 19 heavy (non-hydrogen) atoms. The van der Waals surface area contributed by atoms with Crippen molar-refractivity contribution in [3.63, 3.8) is 0 Å². The van der Waals surface area contributed by atoms with Crippen LogP contribution in [0.3, 0.4) is 0 Å². The van der Waals surface area contributed by atoms with Crippen LogP contribution in [0.5, 0.6) is 0 Å². The van der Waals surface area contributed by atoms with E-state index >= 15 is 0 Å². The maximum atomic E-state index is 10.6. The molecule has 0 amide bonds. The third kappa shape index (κ3) is 13.3. The molecule has 0 radical (unpaired) electrons. The maximum Gasteiger partial charge on any atom is 0.399 e. The van der Waals surface area contributed by atoms with E-state index in [-0.39, 0.29) is 5.97 Å². The molecule has 0 aromatic rings. The molecule has 0 bridgehead atoms. The minimum atomic E-state index is -3.66. The average Bonchev–Trinajstić information content (AvgIpc) is 2.39. The van der Waals surface area contributed by atoms with Gasteiger partial charge < -0.3 is 9.22 Å². The molecule has 0 spiro atoms. The van der Waals surface area contributed by atoms with E-state index in [0.29, 0.717) is 6.61 Å². The van der Waals surface area contributed by atoms with Crippen molar-refractivity contribution < 1.29 is 30.8 Å². The lowest BCUT2D eigenvalue weighted by molar-refractivity contribution is -0.888. The molecule has 0 aliphatic heterocycles. The first-order chi connectivity index (χ1) is 8.64. The zero-order chi connectivity index (χ0) is 15.5. The van der Waals surface area contributed by atoms with Crippen LogP contribution in [0.15, 0.2) is 12.7 Å². The number of carbonyl (C=O) groups is 1. The average molecular weight is 298 g/mol. The molecule has 0 rings (SSSR count). The SMILES string of the molecule is C=CC(=O)OCC[N+](C)(C)CC.COS(=O)(=O)OC. The number of hydrogen-bond donors (Lipinski definition) is 0. The van der Waals surface area contributed by atoms with Crippen LogP contribution in [0, 0.1) is 0 Å². The number of likely N-dealkylation sites (N-methyl/N-ethyl adjacent to an activating group) is 1. The minimum absolute atomic E-state index is 0.342. The molecule has 0 aromatic heterocycles. The first-order valence-corrected chi connectivity index (χ1v) is 6.94. The van der Waals surface area contributed by atoms with E-state index in [1.165, 1.54) is 6.08 Å². The lowest BCUT2D eigenvalue weighted by Gasteiger charge is -2.27. The lowest BCUT2D eigenvalue weighted by atomic mass is 10.4. The third-order valence-electron chi connectivity index (χ3n) is 2.37. The van der Waals surface area contributed by atoms with E-state index in [1.54, 1.807) is 0 Å². The van der Waals surface area contributed by atoms with Crippen LogP contribution in [0.1, 0.15) is 6.92 Å². The summed E-state index contributed by atoms with van der Waals surface area (Å²) in [6.07, 6.45) is 1.19. The molecule has 0 saturated heterocycles. The van der Waals surface area contributed by atoms with Crippen LogP contribution in [0.4, 0.5) is 0 Å². The summed E-state index contributed by atoms with van der Waals surface area (Å²) >= 11 is 0. The van der Waals surface area contributed by atoms with Gasteiger partial charge in [-0.15, -0.1) is 0 Å². The fourth-order valence-corrected chi connectivity index (χ4v) is 0.815. The van der Waals surface area contributed by atoms with Crippen molar-refractivity contribution >= 4 is 16.4 Å². The van der Waals surface area contributed by atoms with Gasteiger partial charge in [0.1, 0.15) is 13.2 Å². The summed E-state index contributed by atoms with van der Waals surface area (Å²) in [5.74, 6) is -0.342.